The molecule has 2 aromatic rings. The molecule has 1 aromatic heterocycles. The van der Waals surface area contributed by atoms with Crippen molar-refractivity contribution in [1.29, 1.82) is 0 Å². The van der Waals surface area contributed by atoms with Crippen molar-refractivity contribution in [2.45, 2.75) is 24.3 Å². The molecular weight excluding hydrogens is 463 g/mol. The van der Waals surface area contributed by atoms with E-state index >= 15 is 0 Å². The molecule has 0 saturated carbocycles. The maximum Gasteiger partial charge on any atom is 0.417 e. The van der Waals surface area contributed by atoms with Crippen LogP contribution >= 0.6 is 23.8 Å². The summed E-state index contributed by atoms with van der Waals surface area (Å²) in [5.74, 6) is 0. The first-order valence-electron chi connectivity index (χ1n) is 8.86. The summed E-state index contributed by atoms with van der Waals surface area (Å²) >= 11 is 10.9. The second-order valence-electron chi connectivity index (χ2n) is 6.66. The fraction of sp³-hybridized carbons (Fsp3) is 0.412. The highest BCUT2D eigenvalue weighted by Gasteiger charge is 2.36. The van der Waals surface area contributed by atoms with Crippen LogP contribution < -0.4 is 0 Å². The molecule has 2 heterocycles. The van der Waals surface area contributed by atoms with E-state index in [0.717, 1.165) is 12.1 Å². The Morgan fingerprint density at radius 1 is 1.23 bits per heavy atom. The summed E-state index contributed by atoms with van der Waals surface area (Å²) in [6, 6.07) is 2.62. The van der Waals surface area contributed by atoms with Crippen LogP contribution in [0.2, 0.25) is 5.02 Å². The summed E-state index contributed by atoms with van der Waals surface area (Å²) in [5, 5.41) is 3.68. The number of nitrogens with zero attached hydrogens (tertiary/aromatic N) is 5. The summed E-state index contributed by atoms with van der Waals surface area (Å²) in [6.07, 6.45) is -1.44. The zero-order chi connectivity index (χ0) is 22.1. The van der Waals surface area contributed by atoms with Crippen LogP contribution in [-0.4, -0.2) is 58.1 Å². The SMILES string of the molecule is C=CCn1cnn(CN2CCN(S(=O)(=O)c3ccc(Cl)c(C(F)(F)F)c3)CC2)c1=S. The van der Waals surface area contributed by atoms with E-state index in [1.807, 2.05) is 4.90 Å². The fourth-order valence-electron chi connectivity index (χ4n) is 3.06. The van der Waals surface area contributed by atoms with Crippen LogP contribution in [0.15, 0.2) is 42.1 Å². The molecule has 0 spiro atoms. The lowest BCUT2D eigenvalue weighted by Crippen LogP contribution is -2.49. The van der Waals surface area contributed by atoms with Gasteiger partial charge >= 0.3 is 6.18 Å². The van der Waals surface area contributed by atoms with Gasteiger partial charge in [-0.3, -0.25) is 4.90 Å². The van der Waals surface area contributed by atoms with Crippen molar-refractivity contribution in [2.75, 3.05) is 26.2 Å². The van der Waals surface area contributed by atoms with Crippen LogP contribution in [0, 0.1) is 4.77 Å². The van der Waals surface area contributed by atoms with Crippen molar-refractivity contribution < 1.29 is 21.6 Å². The molecule has 0 bridgehead atoms. The molecule has 7 nitrogen and oxygen atoms in total. The fourth-order valence-corrected chi connectivity index (χ4v) is 4.97. The Balaban J connectivity index is 1.70. The van der Waals surface area contributed by atoms with Crippen LogP contribution in [0.4, 0.5) is 13.2 Å². The van der Waals surface area contributed by atoms with E-state index in [-0.39, 0.29) is 13.1 Å². The topological polar surface area (TPSA) is 63.4 Å². The molecule has 164 valence electrons. The van der Waals surface area contributed by atoms with Gasteiger partial charge in [0.25, 0.3) is 0 Å². The minimum absolute atomic E-state index is 0.132. The quantitative estimate of drug-likeness (QED) is 0.468. The molecule has 0 atom stereocenters. The Morgan fingerprint density at radius 3 is 2.50 bits per heavy atom. The molecule has 1 aliphatic heterocycles. The molecule has 0 unspecified atom stereocenters. The Bertz CT molecular complexity index is 1090. The molecule has 0 amide bonds. The molecular formula is C17H19ClF3N5O2S2. The number of aromatic nitrogens is 3. The van der Waals surface area contributed by atoms with E-state index in [9.17, 15) is 21.6 Å². The summed E-state index contributed by atoms with van der Waals surface area (Å²) in [7, 11) is -4.08. The molecule has 30 heavy (non-hydrogen) atoms. The Morgan fingerprint density at radius 2 is 1.90 bits per heavy atom. The van der Waals surface area contributed by atoms with Crippen LogP contribution in [0.1, 0.15) is 5.56 Å². The Labute approximate surface area is 182 Å². The molecule has 1 aliphatic rings. The number of piperazine rings is 1. The average molecular weight is 482 g/mol. The second kappa shape index (κ2) is 8.79. The molecule has 1 aromatic carbocycles. The summed E-state index contributed by atoms with van der Waals surface area (Å²) in [6.45, 7) is 5.61. The normalized spacial score (nSPS) is 16.7. The highest BCUT2D eigenvalue weighted by atomic mass is 35.5. The van der Waals surface area contributed by atoms with Crippen molar-refractivity contribution in [3.05, 3.63) is 52.5 Å². The van der Waals surface area contributed by atoms with Crippen molar-refractivity contribution in [3.8, 4) is 0 Å². The molecule has 3 rings (SSSR count). The van der Waals surface area contributed by atoms with Gasteiger partial charge in [-0.25, -0.2) is 13.1 Å². The maximum atomic E-state index is 13.1. The second-order valence-corrected chi connectivity index (χ2v) is 9.37. The summed E-state index contributed by atoms with van der Waals surface area (Å²) in [4.78, 5) is 1.54. The van der Waals surface area contributed by atoms with Gasteiger partial charge in [0.15, 0.2) is 4.77 Å². The third kappa shape index (κ3) is 4.78. The highest BCUT2D eigenvalue weighted by molar-refractivity contribution is 7.89. The number of halogens is 4. The van der Waals surface area contributed by atoms with Crippen molar-refractivity contribution in [2.24, 2.45) is 0 Å². The third-order valence-electron chi connectivity index (χ3n) is 4.67. The van der Waals surface area contributed by atoms with Crippen LogP contribution in [0.5, 0.6) is 0 Å². The lowest BCUT2D eigenvalue weighted by Gasteiger charge is -2.33. The number of sulfonamides is 1. The molecule has 1 fully saturated rings. The molecule has 0 N–H and O–H groups in total. The van der Waals surface area contributed by atoms with E-state index in [1.54, 1.807) is 21.7 Å². The largest absolute Gasteiger partial charge is 0.417 e. The number of alkyl halides is 3. The van der Waals surface area contributed by atoms with Gasteiger partial charge in [0.2, 0.25) is 10.0 Å². The van der Waals surface area contributed by atoms with Gasteiger partial charge in [-0.1, -0.05) is 17.7 Å². The minimum Gasteiger partial charge on any atom is -0.303 e. The van der Waals surface area contributed by atoms with Gasteiger partial charge in [0.1, 0.15) is 6.33 Å². The maximum absolute atomic E-state index is 13.1. The number of hydrogen-bond acceptors (Lipinski definition) is 5. The summed E-state index contributed by atoms with van der Waals surface area (Å²) in [5.41, 5.74) is -1.17. The predicted octanol–water partition coefficient (Wildman–Crippen LogP) is 3.24. The lowest BCUT2D eigenvalue weighted by molar-refractivity contribution is -0.137. The van der Waals surface area contributed by atoms with E-state index in [2.05, 4.69) is 11.7 Å². The number of rotatable bonds is 6. The zero-order valence-corrected chi connectivity index (χ0v) is 18.1. The van der Waals surface area contributed by atoms with Gasteiger partial charge in [-0.05, 0) is 30.4 Å². The molecule has 0 aliphatic carbocycles. The number of hydrogen-bond donors (Lipinski definition) is 0. The van der Waals surface area contributed by atoms with Crippen LogP contribution in [-0.2, 0) is 29.4 Å². The predicted molar refractivity (Wildman–Crippen MR) is 108 cm³/mol. The number of benzene rings is 1. The lowest BCUT2D eigenvalue weighted by atomic mass is 10.2. The Hall–Kier alpha value is -1.73. The monoisotopic (exact) mass is 481 g/mol. The zero-order valence-electron chi connectivity index (χ0n) is 15.7. The van der Waals surface area contributed by atoms with Gasteiger partial charge in [0, 0.05) is 32.7 Å². The average Bonchev–Trinajstić information content (AvgIpc) is 3.01. The van der Waals surface area contributed by atoms with E-state index in [4.69, 9.17) is 23.8 Å². The first-order valence-corrected chi connectivity index (χ1v) is 11.1. The van der Waals surface area contributed by atoms with E-state index in [1.165, 1.54) is 4.31 Å². The minimum atomic E-state index is -4.74. The van der Waals surface area contributed by atoms with Crippen molar-refractivity contribution >= 4 is 33.8 Å². The van der Waals surface area contributed by atoms with E-state index < -0.39 is 31.7 Å². The first-order chi connectivity index (χ1) is 14.0. The first kappa shape index (κ1) is 22.9. The Kier molecular flexibility index (Phi) is 6.72. The van der Waals surface area contributed by atoms with Gasteiger partial charge in [-0.15, -0.1) is 6.58 Å². The summed E-state index contributed by atoms with van der Waals surface area (Å²) < 4.78 is 69.9. The van der Waals surface area contributed by atoms with E-state index in [0.29, 0.717) is 37.1 Å². The van der Waals surface area contributed by atoms with Crippen LogP contribution in [0.25, 0.3) is 0 Å². The van der Waals surface area contributed by atoms with Crippen molar-refractivity contribution in [1.82, 2.24) is 23.6 Å². The molecule has 1 saturated heterocycles. The van der Waals surface area contributed by atoms with Gasteiger partial charge in [0.05, 0.1) is 22.2 Å². The molecule has 0 radical (unpaired) electrons. The number of allylic oxidation sites excluding steroid dienone is 1. The van der Waals surface area contributed by atoms with Crippen LogP contribution in [0.3, 0.4) is 0 Å². The standard InChI is InChI=1S/C17H19ClF3N5O2S2/c1-2-5-24-11-22-26(16(24)29)12-23-6-8-25(9-7-23)30(27,28)13-3-4-15(18)14(10-13)17(19,20)21/h2-4,10-11H,1,5-9,12H2. The highest BCUT2D eigenvalue weighted by Crippen LogP contribution is 2.36. The third-order valence-corrected chi connectivity index (χ3v) is 7.34. The molecule has 13 heteroatoms. The van der Waals surface area contributed by atoms with Gasteiger partial charge in [-0.2, -0.15) is 22.6 Å². The van der Waals surface area contributed by atoms with Crippen molar-refractivity contribution in [3.63, 3.8) is 0 Å². The smallest absolute Gasteiger partial charge is 0.303 e. The van der Waals surface area contributed by atoms with Gasteiger partial charge < -0.3 is 4.57 Å².